The summed E-state index contributed by atoms with van der Waals surface area (Å²) in [4.78, 5) is 11.5. The SMILES string of the molecule is O=C(CCOC1CCCCO1)OCCCOC1CCCCO1. The highest BCUT2D eigenvalue weighted by atomic mass is 16.7. The summed E-state index contributed by atoms with van der Waals surface area (Å²) >= 11 is 0. The van der Waals surface area contributed by atoms with E-state index in [0.717, 1.165) is 51.7 Å². The molecular weight excluding hydrogens is 288 g/mol. The maximum Gasteiger partial charge on any atom is 0.308 e. The molecule has 2 atom stereocenters. The minimum atomic E-state index is -0.232. The van der Waals surface area contributed by atoms with Crippen LogP contribution < -0.4 is 0 Å². The molecule has 2 fully saturated rings. The van der Waals surface area contributed by atoms with Crippen molar-refractivity contribution >= 4 is 5.97 Å². The van der Waals surface area contributed by atoms with Crippen LogP contribution in [0.5, 0.6) is 0 Å². The van der Waals surface area contributed by atoms with Crippen molar-refractivity contribution in [3.8, 4) is 0 Å². The van der Waals surface area contributed by atoms with Gasteiger partial charge in [-0.05, 0) is 38.5 Å². The van der Waals surface area contributed by atoms with Crippen molar-refractivity contribution in [1.82, 2.24) is 0 Å². The van der Waals surface area contributed by atoms with Crippen molar-refractivity contribution < 1.29 is 28.5 Å². The van der Waals surface area contributed by atoms with Crippen LogP contribution in [0, 0.1) is 0 Å². The normalized spacial score (nSPS) is 25.8. The minimum Gasteiger partial charge on any atom is -0.466 e. The molecule has 6 heteroatoms. The van der Waals surface area contributed by atoms with Crippen LogP contribution in [0.4, 0.5) is 0 Å². The summed E-state index contributed by atoms with van der Waals surface area (Å²) in [6.45, 7) is 2.83. The quantitative estimate of drug-likeness (QED) is 0.481. The second-order valence-corrected chi connectivity index (χ2v) is 5.66. The summed E-state index contributed by atoms with van der Waals surface area (Å²) in [6, 6.07) is 0. The van der Waals surface area contributed by atoms with Gasteiger partial charge in [-0.25, -0.2) is 0 Å². The molecule has 0 spiro atoms. The lowest BCUT2D eigenvalue weighted by Crippen LogP contribution is -2.24. The molecule has 0 bridgehead atoms. The number of hydrogen-bond donors (Lipinski definition) is 0. The monoisotopic (exact) mass is 316 g/mol. The second kappa shape index (κ2) is 10.9. The van der Waals surface area contributed by atoms with Gasteiger partial charge in [-0.15, -0.1) is 0 Å². The molecule has 2 rings (SSSR count). The molecule has 2 saturated heterocycles. The Hall–Kier alpha value is -0.690. The molecule has 2 aliphatic heterocycles. The Bertz CT molecular complexity index is 297. The van der Waals surface area contributed by atoms with E-state index in [0.29, 0.717) is 26.2 Å². The number of carbonyl (C=O) groups is 1. The lowest BCUT2D eigenvalue weighted by Gasteiger charge is -2.22. The zero-order chi connectivity index (χ0) is 15.5. The minimum absolute atomic E-state index is 0.0756. The first kappa shape index (κ1) is 17.7. The van der Waals surface area contributed by atoms with Crippen LogP contribution in [0.25, 0.3) is 0 Å². The van der Waals surface area contributed by atoms with E-state index in [4.69, 9.17) is 23.7 Å². The molecule has 6 nitrogen and oxygen atoms in total. The Morgan fingerprint density at radius 2 is 1.50 bits per heavy atom. The van der Waals surface area contributed by atoms with Crippen LogP contribution in [-0.2, 0) is 28.5 Å². The largest absolute Gasteiger partial charge is 0.466 e. The summed E-state index contributed by atoms with van der Waals surface area (Å²) in [6.07, 6.45) is 7.10. The zero-order valence-electron chi connectivity index (χ0n) is 13.3. The molecule has 0 radical (unpaired) electrons. The standard InChI is InChI=1S/C16H28O6/c17-14(8-13-22-16-7-2-4-10-20-16)18-11-5-12-21-15-6-1-3-9-19-15/h15-16H,1-13H2. The Labute approximate surface area is 132 Å². The summed E-state index contributed by atoms with van der Waals surface area (Å²) in [5, 5.41) is 0. The molecule has 0 amide bonds. The third kappa shape index (κ3) is 7.54. The molecule has 2 heterocycles. The fourth-order valence-corrected chi connectivity index (χ4v) is 2.49. The van der Waals surface area contributed by atoms with E-state index in [1.54, 1.807) is 0 Å². The van der Waals surface area contributed by atoms with Crippen molar-refractivity contribution in [3.63, 3.8) is 0 Å². The molecule has 0 N–H and O–H groups in total. The van der Waals surface area contributed by atoms with Crippen LogP contribution in [0.3, 0.4) is 0 Å². The fraction of sp³-hybridized carbons (Fsp3) is 0.938. The van der Waals surface area contributed by atoms with Crippen LogP contribution in [0.1, 0.15) is 51.4 Å². The third-order valence-corrected chi connectivity index (χ3v) is 3.74. The Balaban J connectivity index is 1.39. The van der Waals surface area contributed by atoms with Crippen molar-refractivity contribution in [2.45, 2.75) is 63.9 Å². The topological polar surface area (TPSA) is 63.2 Å². The van der Waals surface area contributed by atoms with Gasteiger partial charge in [0.25, 0.3) is 0 Å². The molecule has 0 aromatic carbocycles. The van der Waals surface area contributed by atoms with E-state index in [1.807, 2.05) is 0 Å². The molecule has 0 aliphatic carbocycles. The van der Waals surface area contributed by atoms with E-state index in [9.17, 15) is 4.79 Å². The van der Waals surface area contributed by atoms with Gasteiger partial charge in [0.2, 0.25) is 0 Å². The fourth-order valence-electron chi connectivity index (χ4n) is 2.49. The zero-order valence-corrected chi connectivity index (χ0v) is 13.3. The van der Waals surface area contributed by atoms with E-state index in [-0.39, 0.29) is 25.0 Å². The van der Waals surface area contributed by atoms with Crippen LogP contribution >= 0.6 is 0 Å². The maximum absolute atomic E-state index is 11.5. The van der Waals surface area contributed by atoms with Gasteiger partial charge >= 0.3 is 5.97 Å². The van der Waals surface area contributed by atoms with Gasteiger partial charge in [-0.2, -0.15) is 0 Å². The van der Waals surface area contributed by atoms with E-state index in [2.05, 4.69) is 0 Å². The first-order valence-corrected chi connectivity index (χ1v) is 8.46. The van der Waals surface area contributed by atoms with Gasteiger partial charge in [0.05, 0.1) is 26.2 Å². The summed E-state index contributed by atoms with van der Waals surface area (Å²) < 4.78 is 27.1. The highest BCUT2D eigenvalue weighted by Crippen LogP contribution is 2.14. The molecule has 2 unspecified atom stereocenters. The lowest BCUT2D eigenvalue weighted by atomic mass is 10.2. The number of ether oxygens (including phenoxy) is 5. The second-order valence-electron chi connectivity index (χ2n) is 5.66. The van der Waals surface area contributed by atoms with E-state index >= 15 is 0 Å². The van der Waals surface area contributed by atoms with Crippen LogP contribution in [0.15, 0.2) is 0 Å². The summed E-state index contributed by atoms with van der Waals surface area (Å²) in [7, 11) is 0. The predicted octanol–water partition coefficient (Wildman–Crippen LogP) is 2.40. The number of rotatable bonds is 9. The molecular formula is C16H28O6. The van der Waals surface area contributed by atoms with E-state index in [1.165, 1.54) is 0 Å². The van der Waals surface area contributed by atoms with Crippen molar-refractivity contribution in [2.75, 3.05) is 33.0 Å². The summed E-state index contributed by atoms with van der Waals surface area (Å²) in [5.41, 5.74) is 0. The van der Waals surface area contributed by atoms with Gasteiger partial charge in [0, 0.05) is 19.6 Å². The van der Waals surface area contributed by atoms with Gasteiger partial charge in [0.15, 0.2) is 12.6 Å². The Morgan fingerprint density at radius 1 is 0.864 bits per heavy atom. The molecule has 128 valence electrons. The van der Waals surface area contributed by atoms with Crippen molar-refractivity contribution in [1.29, 1.82) is 0 Å². The molecule has 0 aromatic rings. The number of esters is 1. The maximum atomic E-state index is 11.5. The first-order chi connectivity index (χ1) is 10.8. The lowest BCUT2D eigenvalue weighted by molar-refractivity contribution is -0.170. The van der Waals surface area contributed by atoms with Crippen molar-refractivity contribution in [3.05, 3.63) is 0 Å². The van der Waals surface area contributed by atoms with Crippen LogP contribution in [0.2, 0.25) is 0 Å². The Kier molecular flexibility index (Phi) is 8.78. The highest BCUT2D eigenvalue weighted by molar-refractivity contribution is 5.69. The van der Waals surface area contributed by atoms with Crippen LogP contribution in [-0.4, -0.2) is 51.6 Å². The summed E-state index contributed by atoms with van der Waals surface area (Å²) in [5.74, 6) is -0.232. The van der Waals surface area contributed by atoms with Gasteiger partial charge in [-0.3, -0.25) is 4.79 Å². The Morgan fingerprint density at radius 3 is 2.09 bits per heavy atom. The smallest absolute Gasteiger partial charge is 0.308 e. The first-order valence-electron chi connectivity index (χ1n) is 8.46. The van der Waals surface area contributed by atoms with E-state index < -0.39 is 0 Å². The van der Waals surface area contributed by atoms with Gasteiger partial charge in [0.1, 0.15) is 0 Å². The molecule has 0 saturated carbocycles. The third-order valence-electron chi connectivity index (χ3n) is 3.74. The molecule has 2 aliphatic rings. The predicted molar refractivity (Wildman–Crippen MR) is 79.3 cm³/mol. The van der Waals surface area contributed by atoms with Crippen molar-refractivity contribution in [2.24, 2.45) is 0 Å². The molecule has 0 aromatic heterocycles. The highest BCUT2D eigenvalue weighted by Gasteiger charge is 2.15. The van der Waals surface area contributed by atoms with Gasteiger partial charge < -0.3 is 23.7 Å². The molecule has 22 heavy (non-hydrogen) atoms. The number of carbonyl (C=O) groups excluding carboxylic acids is 1. The average molecular weight is 316 g/mol. The number of hydrogen-bond acceptors (Lipinski definition) is 6. The van der Waals surface area contributed by atoms with Gasteiger partial charge in [-0.1, -0.05) is 0 Å². The average Bonchev–Trinajstić information content (AvgIpc) is 2.56.